The molecule has 16 nitrogen and oxygen atoms in total. The molecule has 77 heavy (non-hydrogen) atoms. The Kier molecular flexibility index (Phi) is 14.0. The summed E-state index contributed by atoms with van der Waals surface area (Å²) in [5.41, 5.74) is 7.75. The highest BCUT2D eigenvalue weighted by Crippen LogP contribution is 2.34. The SMILES string of the molecule is O=C(Nc1cnc2nc(-c3ccc(F)cc3)c(-c3ccc(F)cc3)nc2c1)NC1CCCN(S(=O)(=O)CCCc2ccc(CN3CCN(c4cnc5nc(-c6ccc(F)cc6)c(-c6ccc(F)cc6)nc5c4)C3=O)cn2)C1. The van der Waals surface area contributed by atoms with Crippen molar-refractivity contribution in [1.82, 2.24) is 49.4 Å². The fourth-order valence-electron chi connectivity index (χ4n) is 9.45. The predicted octanol–water partition coefficient (Wildman–Crippen LogP) is 9.97. The van der Waals surface area contributed by atoms with Gasteiger partial charge in [-0.15, -0.1) is 0 Å². The van der Waals surface area contributed by atoms with Crippen molar-refractivity contribution in [3.05, 3.63) is 174 Å². The van der Waals surface area contributed by atoms with Crippen LogP contribution < -0.4 is 15.5 Å². The average molecular weight is 1060 g/mol. The molecule has 1 unspecified atom stereocenters. The molecule has 0 radical (unpaired) electrons. The van der Waals surface area contributed by atoms with Crippen molar-refractivity contribution in [3.8, 4) is 45.0 Å². The first kappa shape index (κ1) is 50.3. The van der Waals surface area contributed by atoms with Gasteiger partial charge in [0.2, 0.25) is 10.0 Å². The van der Waals surface area contributed by atoms with Crippen molar-refractivity contribution in [2.24, 2.45) is 0 Å². The van der Waals surface area contributed by atoms with E-state index in [4.69, 9.17) is 19.9 Å². The van der Waals surface area contributed by atoms with Crippen molar-refractivity contribution in [3.63, 3.8) is 0 Å². The Morgan fingerprint density at radius 3 is 1.69 bits per heavy atom. The van der Waals surface area contributed by atoms with Gasteiger partial charge in [0.15, 0.2) is 11.3 Å². The number of aromatic nitrogens is 7. The highest BCUT2D eigenvalue weighted by Gasteiger charge is 2.32. The molecule has 0 saturated carbocycles. The number of carbonyl (C=O) groups is 2. The number of piperidine rings is 1. The van der Waals surface area contributed by atoms with E-state index in [1.807, 2.05) is 12.1 Å². The van der Waals surface area contributed by atoms with E-state index >= 15 is 0 Å². The summed E-state index contributed by atoms with van der Waals surface area (Å²) in [6.07, 6.45) is 6.52. The third-order valence-electron chi connectivity index (χ3n) is 13.4. The molecule has 2 fully saturated rings. The summed E-state index contributed by atoms with van der Waals surface area (Å²) in [4.78, 5) is 63.0. The minimum Gasteiger partial charge on any atom is -0.334 e. The molecule has 0 spiro atoms. The number of halogens is 4. The molecule has 2 N–H and O–H groups in total. The van der Waals surface area contributed by atoms with Gasteiger partial charge in [0, 0.05) is 72.9 Å². The van der Waals surface area contributed by atoms with Crippen LogP contribution in [0.1, 0.15) is 30.5 Å². The van der Waals surface area contributed by atoms with Crippen molar-refractivity contribution >= 4 is 55.8 Å². The van der Waals surface area contributed by atoms with Crippen molar-refractivity contribution < 1.29 is 35.6 Å². The van der Waals surface area contributed by atoms with Crippen LogP contribution in [0.2, 0.25) is 0 Å². The smallest absolute Gasteiger partial charge is 0.324 e. The van der Waals surface area contributed by atoms with Crippen LogP contribution in [0.5, 0.6) is 0 Å². The number of aryl methyl sites for hydroxylation is 1. The van der Waals surface area contributed by atoms with Crippen LogP contribution in [-0.2, 0) is 23.0 Å². The molecule has 9 aromatic rings. The third kappa shape index (κ3) is 11.3. The summed E-state index contributed by atoms with van der Waals surface area (Å²) in [6, 6.07) is 29.0. The Hall–Kier alpha value is -8.82. The number of urea groups is 2. The van der Waals surface area contributed by atoms with E-state index in [0.29, 0.717) is 131 Å². The first-order chi connectivity index (χ1) is 37.3. The number of sulfonamides is 1. The van der Waals surface area contributed by atoms with Crippen LogP contribution in [0.15, 0.2) is 140 Å². The van der Waals surface area contributed by atoms with Gasteiger partial charge in [0.25, 0.3) is 0 Å². The number of nitrogens with zero attached hydrogens (tertiary/aromatic N) is 10. The Bertz CT molecular complexity index is 3790. The van der Waals surface area contributed by atoms with Gasteiger partial charge in [0.1, 0.15) is 34.3 Å². The lowest BCUT2D eigenvalue weighted by Crippen LogP contribution is -2.51. The molecular formula is C56H46F4N12O4S. The first-order valence-corrected chi connectivity index (χ1v) is 26.3. The van der Waals surface area contributed by atoms with Crippen LogP contribution >= 0.6 is 0 Å². The number of hydrogen-bond donors (Lipinski definition) is 2. The topological polar surface area (TPSA) is 192 Å². The standard InChI is InChI=1S/C56H46F4N12O4S/c57-39-14-6-35(7-15-39)49-51(37-10-18-41(59)19-11-37)68-53-47(66-49)27-45(30-62-53)65-55(73)64-44-3-1-23-71(33-44)77(75,76)26-2-4-43-22-5-34(29-61-43)32-70-24-25-72(56(70)74)46-28-48-54(63-31-46)69-52(38-12-20-42(60)21-13-38)50(67-48)36-8-16-40(58)17-9-36/h5-22,27-31,44H,1-4,23-26,32-33H2,(H2,64,65,73). The minimum absolute atomic E-state index is 0.105. The Balaban J connectivity index is 0.675. The molecule has 0 aliphatic carbocycles. The predicted molar refractivity (Wildman–Crippen MR) is 282 cm³/mol. The highest BCUT2D eigenvalue weighted by atomic mass is 32.2. The van der Waals surface area contributed by atoms with Gasteiger partial charge >= 0.3 is 12.1 Å². The summed E-state index contributed by atoms with van der Waals surface area (Å²) in [7, 11) is -3.68. The largest absolute Gasteiger partial charge is 0.334 e. The zero-order chi connectivity index (χ0) is 53.2. The maximum absolute atomic E-state index is 13.9. The molecule has 1 atom stereocenters. The maximum atomic E-state index is 13.9. The molecule has 21 heteroatoms. The van der Waals surface area contributed by atoms with E-state index in [1.54, 1.807) is 82.9 Å². The fourth-order valence-corrected chi connectivity index (χ4v) is 11.0. The Morgan fingerprint density at radius 2 is 1.14 bits per heavy atom. The van der Waals surface area contributed by atoms with Crippen LogP contribution in [0.4, 0.5) is 38.5 Å². The summed E-state index contributed by atoms with van der Waals surface area (Å²) in [5.74, 6) is -1.77. The van der Waals surface area contributed by atoms with Gasteiger partial charge in [-0.1, -0.05) is 6.07 Å². The number of benzene rings is 4. The van der Waals surface area contributed by atoms with E-state index in [2.05, 4.69) is 25.6 Å². The number of anilines is 2. The Morgan fingerprint density at radius 1 is 0.610 bits per heavy atom. The lowest BCUT2D eigenvalue weighted by Gasteiger charge is -2.32. The molecule has 5 aromatic heterocycles. The molecule has 7 heterocycles. The number of hydrogen-bond acceptors (Lipinski definition) is 11. The second-order valence-corrected chi connectivity index (χ2v) is 20.8. The number of amides is 4. The van der Waals surface area contributed by atoms with Gasteiger partial charge in [0.05, 0.1) is 52.3 Å². The van der Waals surface area contributed by atoms with E-state index in [1.165, 1.54) is 59.0 Å². The lowest BCUT2D eigenvalue weighted by atomic mass is 10.0. The average Bonchev–Trinajstić information content (AvgIpc) is 3.84. The maximum Gasteiger partial charge on any atom is 0.324 e. The van der Waals surface area contributed by atoms with E-state index in [9.17, 15) is 35.6 Å². The number of carbonyl (C=O) groups excluding carboxylic acids is 2. The molecule has 4 amide bonds. The highest BCUT2D eigenvalue weighted by molar-refractivity contribution is 7.89. The number of nitrogens with one attached hydrogen (secondary N) is 2. The number of pyridine rings is 3. The fraction of sp³-hybridized carbons (Fsp3) is 0.196. The monoisotopic (exact) mass is 1060 g/mol. The second kappa shape index (κ2) is 21.4. The van der Waals surface area contributed by atoms with Crippen molar-refractivity contribution in [1.29, 1.82) is 0 Å². The van der Waals surface area contributed by atoms with Gasteiger partial charge in [-0.3, -0.25) is 9.88 Å². The Labute approximate surface area is 439 Å². The summed E-state index contributed by atoms with van der Waals surface area (Å²) in [5, 5.41) is 5.67. The van der Waals surface area contributed by atoms with Gasteiger partial charge in [-0.05, 0) is 147 Å². The summed E-state index contributed by atoms with van der Waals surface area (Å²) in [6.45, 7) is 1.56. The molecule has 388 valence electrons. The number of fused-ring (bicyclic) bond motifs is 2. The van der Waals surface area contributed by atoms with E-state index in [-0.39, 0.29) is 24.0 Å². The molecular weight excluding hydrogens is 1010 g/mol. The van der Waals surface area contributed by atoms with Crippen LogP contribution in [0, 0.1) is 23.3 Å². The van der Waals surface area contributed by atoms with Crippen molar-refractivity contribution in [2.45, 2.75) is 38.3 Å². The van der Waals surface area contributed by atoms with Gasteiger partial charge in [-0.2, -0.15) is 4.31 Å². The molecule has 2 saturated heterocycles. The zero-order valence-electron chi connectivity index (χ0n) is 41.0. The zero-order valence-corrected chi connectivity index (χ0v) is 41.8. The molecule has 11 rings (SSSR count). The van der Waals surface area contributed by atoms with Gasteiger partial charge in [-0.25, -0.2) is 65.5 Å². The van der Waals surface area contributed by atoms with Gasteiger partial charge < -0.3 is 15.5 Å². The summed E-state index contributed by atoms with van der Waals surface area (Å²) < 4.78 is 83.9. The summed E-state index contributed by atoms with van der Waals surface area (Å²) >= 11 is 0. The van der Waals surface area contributed by atoms with E-state index in [0.717, 1.165) is 5.56 Å². The molecule has 2 aliphatic rings. The lowest BCUT2D eigenvalue weighted by molar-refractivity contribution is 0.218. The van der Waals surface area contributed by atoms with Crippen LogP contribution in [-0.4, -0.2) is 103 Å². The molecule has 0 bridgehead atoms. The third-order valence-corrected chi connectivity index (χ3v) is 15.3. The van der Waals surface area contributed by atoms with Crippen LogP contribution in [0.25, 0.3) is 67.4 Å². The van der Waals surface area contributed by atoms with Crippen LogP contribution in [0.3, 0.4) is 0 Å². The number of rotatable bonds is 14. The minimum atomic E-state index is -3.68. The normalized spacial score (nSPS) is 15.1. The first-order valence-electron chi connectivity index (χ1n) is 24.7. The second-order valence-electron chi connectivity index (χ2n) is 18.7. The molecule has 2 aliphatic heterocycles. The van der Waals surface area contributed by atoms with Crippen molar-refractivity contribution in [2.75, 3.05) is 42.1 Å². The molecule has 4 aromatic carbocycles. The van der Waals surface area contributed by atoms with E-state index < -0.39 is 45.4 Å². The quantitative estimate of drug-likeness (QED) is 0.0985.